The topological polar surface area (TPSA) is 53.1 Å². The zero-order valence-electron chi connectivity index (χ0n) is 10.5. The number of aryl methyl sites for hydroxylation is 1. The third kappa shape index (κ3) is 2.59. The SMILES string of the molecule is CCOc1ccc(Cn2nc(C)c(Cl)c2N)cc1. The fraction of sp³-hybridized carbons (Fsp3) is 0.308. The van der Waals surface area contributed by atoms with E-state index >= 15 is 0 Å². The predicted molar refractivity (Wildman–Crippen MR) is 73.1 cm³/mol. The number of nitrogens with zero attached hydrogens (tertiary/aromatic N) is 2. The van der Waals surface area contributed by atoms with Crippen LogP contribution < -0.4 is 10.5 Å². The molecule has 0 atom stereocenters. The Labute approximate surface area is 111 Å². The Morgan fingerprint density at radius 2 is 2.00 bits per heavy atom. The Bertz CT molecular complexity index is 534. The van der Waals surface area contributed by atoms with Crippen molar-refractivity contribution in [3.05, 3.63) is 40.5 Å². The van der Waals surface area contributed by atoms with E-state index in [4.69, 9.17) is 22.1 Å². The van der Waals surface area contributed by atoms with Crippen molar-refractivity contribution in [1.29, 1.82) is 0 Å². The summed E-state index contributed by atoms with van der Waals surface area (Å²) >= 11 is 6.00. The van der Waals surface area contributed by atoms with Crippen LogP contribution >= 0.6 is 11.6 Å². The van der Waals surface area contributed by atoms with Gasteiger partial charge in [-0.3, -0.25) is 0 Å². The van der Waals surface area contributed by atoms with Crippen molar-refractivity contribution < 1.29 is 4.74 Å². The highest BCUT2D eigenvalue weighted by Crippen LogP contribution is 2.23. The molecule has 0 spiro atoms. The number of nitrogens with two attached hydrogens (primary N) is 1. The highest BCUT2D eigenvalue weighted by atomic mass is 35.5. The molecule has 2 N–H and O–H groups in total. The standard InChI is InChI=1S/C13H16ClN3O/c1-3-18-11-6-4-10(5-7-11)8-17-13(15)12(14)9(2)16-17/h4-7H,3,8,15H2,1-2H3. The van der Waals surface area contributed by atoms with E-state index in [2.05, 4.69) is 5.10 Å². The maximum atomic E-state index is 6.00. The summed E-state index contributed by atoms with van der Waals surface area (Å²) in [5.41, 5.74) is 7.72. The Balaban J connectivity index is 2.15. The number of hydrogen-bond donors (Lipinski definition) is 1. The first-order valence-corrected chi connectivity index (χ1v) is 6.19. The number of halogens is 1. The van der Waals surface area contributed by atoms with E-state index in [1.165, 1.54) is 0 Å². The van der Waals surface area contributed by atoms with Crippen molar-refractivity contribution in [2.75, 3.05) is 12.3 Å². The second-order valence-electron chi connectivity index (χ2n) is 4.02. The van der Waals surface area contributed by atoms with Crippen molar-refractivity contribution in [2.45, 2.75) is 20.4 Å². The minimum atomic E-state index is 0.503. The van der Waals surface area contributed by atoms with Gasteiger partial charge in [-0.05, 0) is 31.5 Å². The van der Waals surface area contributed by atoms with Crippen LogP contribution in [0.3, 0.4) is 0 Å². The van der Waals surface area contributed by atoms with Crippen molar-refractivity contribution in [3.8, 4) is 5.75 Å². The van der Waals surface area contributed by atoms with Crippen molar-refractivity contribution in [1.82, 2.24) is 9.78 Å². The van der Waals surface area contributed by atoms with Crippen LogP contribution in [0.2, 0.25) is 5.02 Å². The third-order valence-electron chi connectivity index (χ3n) is 2.66. The van der Waals surface area contributed by atoms with Crippen LogP contribution in [0.15, 0.2) is 24.3 Å². The number of rotatable bonds is 4. The van der Waals surface area contributed by atoms with Crippen LogP contribution in [0.25, 0.3) is 0 Å². The quantitative estimate of drug-likeness (QED) is 0.925. The van der Waals surface area contributed by atoms with Crippen molar-refractivity contribution >= 4 is 17.4 Å². The molecular weight excluding hydrogens is 250 g/mol. The molecule has 1 heterocycles. The van der Waals surface area contributed by atoms with Gasteiger partial charge in [0, 0.05) is 0 Å². The lowest BCUT2D eigenvalue weighted by atomic mass is 10.2. The number of aromatic nitrogens is 2. The van der Waals surface area contributed by atoms with Gasteiger partial charge in [-0.2, -0.15) is 5.10 Å². The summed E-state index contributed by atoms with van der Waals surface area (Å²) in [7, 11) is 0. The Morgan fingerprint density at radius 1 is 1.33 bits per heavy atom. The maximum Gasteiger partial charge on any atom is 0.141 e. The molecule has 0 unspecified atom stereocenters. The van der Waals surface area contributed by atoms with Crippen molar-refractivity contribution in [3.63, 3.8) is 0 Å². The molecule has 4 nitrogen and oxygen atoms in total. The molecule has 0 aliphatic rings. The highest BCUT2D eigenvalue weighted by Gasteiger charge is 2.10. The van der Waals surface area contributed by atoms with Gasteiger partial charge in [-0.25, -0.2) is 4.68 Å². The van der Waals surface area contributed by atoms with Gasteiger partial charge in [0.2, 0.25) is 0 Å². The summed E-state index contributed by atoms with van der Waals surface area (Å²) in [6.07, 6.45) is 0. The van der Waals surface area contributed by atoms with Crippen molar-refractivity contribution in [2.24, 2.45) is 0 Å². The molecule has 2 rings (SSSR count). The zero-order valence-corrected chi connectivity index (χ0v) is 11.2. The van der Waals surface area contributed by atoms with Gasteiger partial charge in [0.05, 0.1) is 18.8 Å². The van der Waals surface area contributed by atoms with E-state index in [9.17, 15) is 0 Å². The summed E-state index contributed by atoms with van der Waals surface area (Å²) in [5, 5.41) is 4.82. The summed E-state index contributed by atoms with van der Waals surface area (Å²) in [5.74, 6) is 1.37. The summed E-state index contributed by atoms with van der Waals surface area (Å²) in [6, 6.07) is 7.87. The monoisotopic (exact) mass is 265 g/mol. The molecule has 0 bridgehead atoms. The van der Waals surface area contributed by atoms with E-state index in [0.717, 1.165) is 17.0 Å². The Kier molecular flexibility index (Phi) is 3.77. The minimum Gasteiger partial charge on any atom is -0.494 e. The summed E-state index contributed by atoms with van der Waals surface area (Å²) in [6.45, 7) is 5.07. The van der Waals surface area contributed by atoms with Crippen LogP contribution in [0.4, 0.5) is 5.82 Å². The fourth-order valence-corrected chi connectivity index (χ4v) is 1.86. The van der Waals surface area contributed by atoms with Gasteiger partial charge in [-0.1, -0.05) is 23.7 Å². The van der Waals surface area contributed by atoms with Gasteiger partial charge < -0.3 is 10.5 Å². The van der Waals surface area contributed by atoms with Gasteiger partial charge in [-0.15, -0.1) is 0 Å². The number of hydrogen-bond acceptors (Lipinski definition) is 3. The number of ether oxygens (including phenoxy) is 1. The van der Waals surface area contributed by atoms with Gasteiger partial charge in [0.1, 0.15) is 16.6 Å². The van der Waals surface area contributed by atoms with E-state index in [-0.39, 0.29) is 0 Å². The van der Waals surface area contributed by atoms with E-state index in [1.54, 1.807) is 4.68 Å². The molecule has 0 amide bonds. The van der Waals surface area contributed by atoms with Gasteiger partial charge in [0.25, 0.3) is 0 Å². The first-order valence-electron chi connectivity index (χ1n) is 5.82. The molecular formula is C13H16ClN3O. The zero-order chi connectivity index (χ0) is 13.1. The van der Waals surface area contributed by atoms with Crippen LogP contribution in [-0.4, -0.2) is 16.4 Å². The number of nitrogen functional groups attached to an aromatic ring is 1. The second-order valence-corrected chi connectivity index (χ2v) is 4.40. The molecule has 1 aromatic carbocycles. The molecule has 96 valence electrons. The van der Waals surface area contributed by atoms with Crippen LogP contribution in [0, 0.1) is 6.92 Å². The van der Waals surface area contributed by atoms with Gasteiger partial charge >= 0.3 is 0 Å². The molecule has 0 saturated carbocycles. The van der Waals surface area contributed by atoms with Gasteiger partial charge in [0.15, 0.2) is 0 Å². The Hall–Kier alpha value is -1.68. The first-order chi connectivity index (χ1) is 8.61. The van der Waals surface area contributed by atoms with E-state index in [0.29, 0.717) is 24.0 Å². The number of anilines is 1. The number of benzene rings is 1. The molecule has 2 aromatic rings. The normalized spacial score (nSPS) is 10.6. The predicted octanol–water partition coefficient (Wildman–Crippen LogP) is 2.87. The third-order valence-corrected chi connectivity index (χ3v) is 3.13. The smallest absolute Gasteiger partial charge is 0.141 e. The lowest BCUT2D eigenvalue weighted by Gasteiger charge is -2.06. The average Bonchev–Trinajstić information content (AvgIpc) is 2.60. The highest BCUT2D eigenvalue weighted by molar-refractivity contribution is 6.33. The van der Waals surface area contributed by atoms with Crippen LogP contribution in [0.1, 0.15) is 18.2 Å². The maximum absolute atomic E-state index is 6.00. The summed E-state index contributed by atoms with van der Waals surface area (Å²) in [4.78, 5) is 0. The molecule has 18 heavy (non-hydrogen) atoms. The lowest BCUT2D eigenvalue weighted by Crippen LogP contribution is -2.06. The molecule has 0 aliphatic heterocycles. The molecule has 5 heteroatoms. The molecule has 1 aromatic heterocycles. The van der Waals surface area contributed by atoms with Crippen LogP contribution in [0.5, 0.6) is 5.75 Å². The fourth-order valence-electron chi connectivity index (χ4n) is 1.73. The average molecular weight is 266 g/mol. The summed E-state index contributed by atoms with van der Waals surface area (Å²) < 4.78 is 7.09. The second kappa shape index (κ2) is 5.31. The largest absolute Gasteiger partial charge is 0.494 e. The minimum absolute atomic E-state index is 0.503. The van der Waals surface area contributed by atoms with E-state index in [1.807, 2.05) is 38.1 Å². The first kappa shape index (κ1) is 12.8. The molecule has 0 aliphatic carbocycles. The molecule has 0 saturated heterocycles. The van der Waals surface area contributed by atoms with E-state index < -0.39 is 0 Å². The lowest BCUT2D eigenvalue weighted by molar-refractivity contribution is 0.340. The molecule has 0 fully saturated rings. The molecule has 0 radical (unpaired) electrons. The van der Waals surface area contributed by atoms with Crippen LogP contribution in [-0.2, 0) is 6.54 Å². The Morgan fingerprint density at radius 3 is 2.50 bits per heavy atom.